The molecule has 1 spiro atoms. The smallest absolute Gasteiger partial charge is 0.326 e. The quantitative estimate of drug-likeness (QED) is 0.495. The van der Waals surface area contributed by atoms with E-state index in [1.807, 2.05) is 30.3 Å². The van der Waals surface area contributed by atoms with Crippen LogP contribution in [0, 0.1) is 11.3 Å². The maximum absolute atomic E-state index is 13.1. The molecule has 1 saturated heterocycles. The Kier molecular flexibility index (Phi) is 6.28. The Labute approximate surface area is 193 Å². The molecule has 0 bridgehead atoms. The molecule has 8 heteroatoms. The molecule has 4 rings (SSSR count). The highest BCUT2D eigenvalue weighted by molar-refractivity contribution is 6.08. The molecule has 2 fully saturated rings. The van der Waals surface area contributed by atoms with Gasteiger partial charge >= 0.3 is 12.0 Å². The summed E-state index contributed by atoms with van der Waals surface area (Å²) in [4.78, 5) is 43.3. The second-order valence-corrected chi connectivity index (χ2v) is 9.69. The van der Waals surface area contributed by atoms with Gasteiger partial charge in [-0.15, -0.1) is 0 Å². The van der Waals surface area contributed by atoms with E-state index in [-0.39, 0.29) is 17.9 Å². The van der Waals surface area contributed by atoms with Gasteiger partial charge in [-0.25, -0.2) is 9.78 Å². The monoisotopic (exact) mass is 453 g/mol. The number of rotatable bonds is 7. The molecule has 176 valence electrons. The van der Waals surface area contributed by atoms with Crippen molar-refractivity contribution in [3.8, 4) is 11.5 Å². The van der Waals surface area contributed by atoms with E-state index in [0.717, 1.165) is 29.7 Å². The van der Waals surface area contributed by atoms with Crippen molar-refractivity contribution >= 4 is 17.9 Å². The SMILES string of the molecule is CCC(C)(C)C1CCC2(CC1)NC(=O)N(CC(=O)OCc1coc(-c3ccccc3)n1)C2=O. The van der Waals surface area contributed by atoms with Gasteiger partial charge in [-0.05, 0) is 49.1 Å². The summed E-state index contributed by atoms with van der Waals surface area (Å²) >= 11 is 0. The Morgan fingerprint density at radius 3 is 2.61 bits per heavy atom. The number of oxazole rings is 1. The van der Waals surface area contributed by atoms with Crippen molar-refractivity contribution in [3.63, 3.8) is 0 Å². The van der Waals surface area contributed by atoms with E-state index in [2.05, 4.69) is 31.1 Å². The Hall–Kier alpha value is -3.16. The van der Waals surface area contributed by atoms with Crippen LogP contribution in [0.4, 0.5) is 4.79 Å². The van der Waals surface area contributed by atoms with E-state index in [4.69, 9.17) is 9.15 Å². The number of nitrogens with one attached hydrogen (secondary N) is 1. The standard InChI is InChI=1S/C25H31N3O5/c1-4-24(2,3)18-10-12-25(13-11-18)22(30)28(23(31)27-25)14-20(29)32-15-19-16-33-21(26-19)17-8-6-5-7-9-17/h5-9,16,18H,4,10-15H2,1-3H3,(H,27,31). The van der Waals surface area contributed by atoms with Crippen LogP contribution in [0.2, 0.25) is 0 Å². The Balaban J connectivity index is 1.31. The van der Waals surface area contributed by atoms with Gasteiger partial charge in [0.15, 0.2) is 0 Å². The number of imide groups is 1. The molecule has 2 heterocycles. The van der Waals surface area contributed by atoms with Crippen LogP contribution in [-0.4, -0.2) is 39.9 Å². The summed E-state index contributed by atoms with van der Waals surface area (Å²) in [7, 11) is 0. The van der Waals surface area contributed by atoms with Gasteiger partial charge in [0.05, 0.1) is 0 Å². The van der Waals surface area contributed by atoms with Gasteiger partial charge in [-0.1, -0.05) is 45.4 Å². The number of ether oxygens (including phenoxy) is 1. The number of urea groups is 1. The largest absolute Gasteiger partial charge is 0.458 e. The summed E-state index contributed by atoms with van der Waals surface area (Å²) in [5.41, 5.74) is 0.580. The highest BCUT2D eigenvalue weighted by Crippen LogP contribution is 2.45. The number of esters is 1. The zero-order chi connectivity index (χ0) is 23.6. The molecule has 1 N–H and O–H groups in total. The highest BCUT2D eigenvalue weighted by Gasteiger charge is 2.53. The number of hydrogen-bond acceptors (Lipinski definition) is 6. The van der Waals surface area contributed by atoms with Crippen molar-refractivity contribution in [1.29, 1.82) is 0 Å². The van der Waals surface area contributed by atoms with E-state index in [1.165, 1.54) is 6.26 Å². The lowest BCUT2D eigenvalue weighted by Gasteiger charge is -2.42. The molecule has 2 aromatic rings. The molecular weight excluding hydrogens is 422 g/mol. The number of carbonyl (C=O) groups is 3. The van der Waals surface area contributed by atoms with Gasteiger partial charge < -0.3 is 14.5 Å². The lowest BCUT2D eigenvalue weighted by Crippen LogP contribution is -2.51. The van der Waals surface area contributed by atoms with Crippen molar-refractivity contribution in [3.05, 3.63) is 42.3 Å². The normalized spacial score (nSPS) is 23.1. The van der Waals surface area contributed by atoms with Crippen molar-refractivity contribution < 1.29 is 23.5 Å². The van der Waals surface area contributed by atoms with Crippen molar-refractivity contribution in [2.75, 3.05) is 6.54 Å². The molecule has 1 aliphatic heterocycles. The van der Waals surface area contributed by atoms with Crippen LogP contribution >= 0.6 is 0 Å². The third kappa shape index (κ3) is 4.65. The van der Waals surface area contributed by atoms with Crippen molar-refractivity contribution in [1.82, 2.24) is 15.2 Å². The summed E-state index contributed by atoms with van der Waals surface area (Å²) < 4.78 is 10.7. The van der Waals surface area contributed by atoms with Gasteiger partial charge in [0.1, 0.15) is 30.6 Å². The molecule has 1 aromatic carbocycles. The maximum atomic E-state index is 13.1. The third-order valence-corrected chi connectivity index (χ3v) is 7.34. The zero-order valence-electron chi connectivity index (χ0n) is 19.4. The number of amides is 3. The van der Waals surface area contributed by atoms with E-state index in [9.17, 15) is 14.4 Å². The van der Waals surface area contributed by atoms with Crippen molar-refractivity contribution in [2.45, 2.75) is 65.0 Å². The van der Waals surface area contributed by atoms with Crippen LogP contribution in [0.5, 0.6) is 0 Å². The second kappa shape index (κ2) is 9.00. The first kappa shape index (κ1) is 23.0. The molecule has 0 radical (unpaired) electrons. The molecule has 8 nitrogen and oxygen atoms in total. The molecule has 3 amide bonds. The Morgan fingerprint density at radius 1 is 1.24 bits per heavy atom. The predicted molar refractivity (Wildman–Crippen MR) is 121 cm³/mol. The minimum atomic E-state index is -0.894. The minimum absolute atomic E-state index is 0.0995. The summed E-state index contributed by atoms with van der Waals surface area (Å²) in [5.74, 6) is -0.0507. The Bertz CT molecular complexity index is 1020. The first-order valence-electron chi connectivity index (χ1n) is 11.5. The number of hydrogen-bond donors (Lipinski definition) is 1. The summed E-state index contributed by atoms with van der Waals surface area (Å²) in [6.45, 7) is 6.18. The van der Waals surface area contributed by atoms with Crippen LogP contribution < -0.4 is 5.32 Å². The molecule has 0 unspecified atom stereocenters. The van der Waals surface area contributed by atoms with Crippen LogP contribution in [-0.2, 0) is 20.9 Å². The van der Waals surface area contributed by atoms with Gasteiger partial charge in [0.2, 0.25) is 5.89 Å². The average molecular weight is 454 g/mol. The van der Waals surface area contributed by atoms with Crippen LogP contribution in [0.15, 0.2) is 41.0 Å². The first-order valence-corrected chi connectivity index (χ1v) is 11.5. The molecular formula is C25H31N3O5. The molecule has 1 aromatic heterocycles. The summed E-state index contributed by atoms with van der Waals surface area (Å²) in [5, 5.41) is 2.86. The minimum Gasteiger partial charge on any atom is -0.458 e. The fourth-order valence-electron chi connectivity index (χ4n) is 4.76. The predicted octanol–water partition coefficient (Wildman–Crippen LogP) is 4.30. The topological polar surface area (TPSA) is 102 Å². The third-order valence-electron chi connectivity index (χ3n) is 7.34. The summed E-state index contributed by atoms with van der Waals surface area (Å²) in [6.07, 6.45) is 5.44. The molecule has 1 aliphatic carbocycles. The number of carbonyl (C=O) groups excluding carboxylic acids is 3. The van der Waals surface area contributed by atoms with Gasteiger partial charge in [0, 0.05) is 5.56 Å². The van der Waals surface area contributed by atoms with Crippen LogP contribution in [0.25, 0.3) is 11.5 Å². The number of benzene rings is 1. The Morgan fingerprint density at radius 2 is 1.94 bits per heavy atom. The van der Waals surface area contributed by atoms with E-state index in [1.54, 1.807) is 0 Å². The van der Waals surface area contributed by atoms with Gasteiger partial charge in [-0.2, -0.15) is 0 Å². The fourth-order valence-corrected chi connectivity index (χ4v) is 4.76. The van der Waals surface area contributed by atoms with Gasteiger partial charge in [-0.3, -0.25) is 14.5 Å². The summed E-state index contributed by atoms with van der Waals surface area (Å²) in [6, 6.07) is 8.85. The average Bonchev–Trinajstić information content (AvgIpc) is 3.38. The number of aromatic nitrogens is 1. The highest BCUT2D eigenvalue weighted by atomic mass is 16.5. The maximum Gasteiger partial charge on any atom is 0.326 e. The number of nitrogens with zero attached hydrogens (tertiary/aromatic N) is 2. The lowest BCUT2D eigenvalue weighted by atomic mass is 9.65. The van der Waals surface area contributed by atoms with E-state index >= 15 is 0 Å². The molecule has 2 aliphatic rings. The second-order valence-electron chi connectivity index (χ2n) is 9.69. The molecule has 1 saturated carbocycles. The molecule has 0 atom stereocenters. The lowest BCUT2D eigenvalue weighted by molar-refractivity contribution is -0.149. The molecule has 33 heavy (non-hydrogen) atoms. The van der Waals surface area contributed by atoms with Crippen molar-refractivity contribution in [2.24, 2.45) is 11.3 Å². The van der Waals surface area contributed by atoms with Gasteiger partial charge in [0.25, 0.3) is 5.91 Å². The van der Waals surface area contributed by atoms with E-state index < -0.39 is 24.1 Å². The van der Waals surface area contributed by atoms with Crippen LogP contribution in [0.1, 0.15) is 58.6 Å². The van der Waals surface area contributed by atoms with Crippen LogP contribution in [0.3, 0.4) is 0 Å². The van der Waals surface area contributed by atoms with E-state index in [0.29, 0.717) is 30.3 Å². The fraction of sp³-hybridized carbons (Fsp3) is 0.520. The zero-order valence-corrected chi connectivity index (χ0v) is 19.4. The first-order chi connectivity index (χ1) is 15.7.